The summed E-state index contributed by atoms with van der Waals surface area (Å²) in [6, 6.07) is 10.6. The first-order valence-corrected chi connectivity index (χ1v) is 9.40. The van der Waals surface area contributed by atoms with Crippen molar-refractivity contribution in [3.05, 3.63) is 58.1 Å². The van der Waals surface area contributed by atoms with Crippen LogP contribution in [-0.4, -0.2) is 25.6 Å². The molecule has 0 spiro atoms. The summed E-state index contributed by atoms with van der Waals surface area (Å²) in [4.78, 5) is 10.1. The van der Waals surface area contributed by atoms with Gasteiger partial charge in [0.15, 0.2) is 5.11 Å². The van der Waals surface area contributed by atoms with E-state index in [4.69, 9.17) is 22.1 Å². The average Bonchev–Trinajstić information content (AvgIpc) is 2.64. The summed E-state index contributed by atoms with van der Waals surface area (Å²) >= 11 is 5.10. The number of hydrogen-bond donors (Lipinski definition) is 4. The minimum absolute atomic E-state index is 0.0287. The third-order valence-electron chi connectivity index (χ3n) is 3.42. The van der Waals surface area contributed by atoms with E-state index in [9.17, 15) is 18.5 Å². The Balaban J connectivity index is 1.98. The zero-order valence-electron chi connectivity index (χ0n) is 14.1. The minimum atomic E-state index is -4.05. The molecule has 0 aliphatic rings. The van der Waals surface area contributed by atoms with Crippen molar-refractivity contribution in [3.8, 4) is 5.75 Å². The molecule has 0 bridgehead atoms. The Labute approximate surface area is 160 Å². The lowest BCUT2D eigenvalue weighted by Gasteiger charge is -2.13. The molecule has 2 aromatic carbocycles. The van der Waals surface area contributed by atoms with Gasteiger partial charge in [-0.05, 0) is 42.0 Å². The fourth-order valence-electron chi connectivity index (χ4n) is 2.04. The third-order valence-corrected chi connectivity index (χ3v) is 4.57. The molecule has 0 aliphatic carbocycles. The molecule has 5 N–H and O–H groups in total. The van der Waals surface area contributed by atoms with Gasteiger partial charge in [0.2, 0.25) is 10.0 Å². The van der Waals surface area contributed by atoms with E-state index in [1.165, 1.54) is 6.07 Å². The first-order valence-electron chi connectivity index (χ1n) is 7.44. The second-order valence-electron chi connectivity index (χ2n) is 5.26. The zero-order valence-corrected chi connectivity index (χ0v) is 15.8. The van der Waals surface area contributed by atoms with Gasteiger partial charge in [0.25, 0.3) is 5.69 Å². The van der Waals surface area contributed by atoms with Crippen molar-refractivity contribution in [2.75, 3.05) is 12.5 Å². The van der Waals surface area contributed by atoms with E-state index < -0.39 is 20.6 Å². The number of rotatable bonds is 7. The molecular formula is C15H17N5O5S2. The van der Waals surface area contributed by atoms with E-state index in [1.807, 2.05) is 24.3 Å². The summed E-state index contributed by atoms with van der Waals surface area (Å²) in [5, 5.41) is 19.3. The lowest BCUT2D eigenvalue weighted by atomic mass is 10.2. The number of benzene rings is 2. The van der Waals surface area contributed by atoms with Crippen molar-refractivity contribution in [1.29, 1.82) is 0 Å². The first kappa shape index (κ1) is 20.4. The van der Waals surface area contributed by atoms with E-state index in [0.29, 0.717) is 6.54 Å². The summed E-state index contributed by atoms with van der Waals surface area (Å²) in [6.07, 6.45) is 0. The van der Waals surface area contributed by atoms with Crippen molar-refractivity contribution in [1.82, 2.24) is 10.7 Å². The van der Waals surface area contributed by atoms with Crippen LogP contribution in [0.25, 0.3) is 0 Å². The standard InChI is InChI=1S/C15H17N5O5S2/c1-25-11-4-2-10(3-5-11)9-17-15(26)19-18-13-7-6-12(27(16,23)24)8-14(13)20(21)22/h2-8,18H,9H2,1H3,(H2,16,23,24)(H2,17,19,26). The molecule has 0 saturated heterocycles. The number of nitrogens with zero attached hydrogens (tertiary/aromatic N) is 1. The van der Waals surface area contributed by atoms with Crippen molar-refractivity contribution >= 4 is 38.7 Å². The molecule has 12 heteroatoms. The fourth-order valence-corrected chi connectivity index (χ4v) is 2.70. The smallest absolute Gasteiger partial charge is 0.295 e. The molecule has 144 valence electrons. The molecule has 0 saturated carbocycles. The van der Waals surface area contributed by atoms with Crippen LogP contribution >= 0.6 is 12.2 Å². The van der Waals surface area contributed by atoms with E-state index in [1.54, 1.807) is 7.11 Å². The molecule has 0 atom stereocenters. The van der Waals surface area contributed by atoms with Crippen molar-refractivity contribution < 1.29 is 18.1 Å². The zero-order chi connectivity index (χ0) is 20.0. The van der Waals surface area contributed by atoms with Gasteiger partial charge in [-0.25, -0.2) is 13.6 Å². The molecule has 0 aliphatic heterocycles. The highest BCUT2D eigenvalue weighted by Crippen LogP contribution is 2.26. The molecular weight excluding hydrogens is 394 g/mol. The van der Waals surface area contributed by atoms with Crippen LogP contribution in [0, 0.1) is 10.1 Å². The van der Waals surface area contributed by atoms with Crippen LogP contribution in [0.2, 0.25) is 0 Å². The predicted molar refractivity (Wildman–Crippen MR) is 104 cm³/mol. The monoisotopic (exact) mass is 411 g/mol. The van der Waals surface area contributed by atoms with Crippen LogP contribution in [0.15, 0.2) is 47.4 Å². The number of thiocarbonyl (C=S) groups is 1. The van der Waals surface area contributed by atoms with E-state index in [0.717, 1.165) is 23.4 Å². The van der Waals surface area contributed by atoms with Gasteiger partial charge in [-0.3, -0.25) is 21.0 Å². The Hall–Kier alpha value is -2.96. The number of hydrogen-bond acceptors (Lipinski definition) is 7. The number of hydrazine groups is 1. The lowest BCUT2D eigenvalue weighted by Crippen LogP contribution is -2.38. The van der Waals surface area contributed by atoms with Crippen LogP contribution < -0.4 is 26.0 Å². The highest BCUT2D eigenvalue weighted by atomic mass is 32.2. The van der Waals surface area contributed by atoms with Crippen molar-refractivity contribution in [2.24, 2.45) is 5.14 Å². The molecule has 0 aromatic heterocycles. The minimum Gasteiger partial charge on any atom is -0.497 e. The van der Waals surface area contributed by atoms with Gasteiger partial charge < -0.3 is 10.1 Å². The van der Waals surface area contributed by atoms with Gasteiger partial charge in [-0.1, -0.05) is 12.1 Å². The number of ether oxygens (including phenoxy) is 1. The topological polar surface area (TPSA) is 149 Å². The van der Waals surface area contributed by atoms with Gasteiger partial charge in [-0.2, -0.15) is 0 Å². The number of primary sulfonamides is 1. The van der Waals surface area contributed by atoms with Crippen LogP contribution in [0.4, 0.5) is 11.4 Å². The molecule has 0 radical (unpaired) electrons. The molecule has 2 aromatic rings. The highest BCUT2D eigenvalue weighted by molar-refractivity contribution is 7.89. The van der Waals surface area contributed by atoms with Gasteiger partial charge in [0.05, 0.1) is 16.9 Å². The number of nitrogens with two attached hydrogens (primary N) is 1. The molecule has 27 heavy (non-hydrogen) atoms. The molecule has 0 unspecified atom stereocenters. The van der Waals surface area contributed by atoms with Gasteiger partial charge in [0, 0.05) is 12.6 Å². The SMILES string of the molecule is COc1ccc(CNC(=S)NNc2ccc(S(N)(=O)=O)cc2[N+](=O)[O-])cc1. The Morgan fingerprint density at radius 1 is 1.26 bits per heavy atom. The van der Waals surface area contributed by atoms with E-state index in [-0.39, 0.29) is 15.7 Å². The third kappa shape index (κ3) is 5.77. The Bertz CT molecular complexity index is 948. The number of methoxy groups -OCH3 is 1. The second-order valence-corrected chi connectivity index (χ2v) is 7.23. The number of nitro benzene ring substituents is 1. The molecule has 2 rings (SSSR count). The van der Waals surface area contributed by atoms with Crippen molar-refractivity contribution in [2.45, 2.75) is 11.4 Å². The largest absolute Gasteiger partial charge is 0.497 e. The fraction of sp³-hybridized carbons (Fsp3) is 0.133. The molecule has 10 nitrogen and oxygen atoms in total. The number of sulfonamides is 1. The summed E-state index contributed by atoms with van der Waals surface area (Å²) in [7, 11) is -2.47. The first-order chi connectivity index (χ1) is 12.7. The maximum atomic E-state index is 11.3. The summed E-state index contributed by atoms with van der Waals surface area (Å²) in [6.45, 7) is 0.421. The van der Waals surface area contributed by atoms with Gasteiger partial charge >= 0.3 is 0 Å². The summed E-state index contributed by atoms with van der Waals surface area (Å²) < 4.78 is 27.7. The van der Waals surface area contributed by atoms with Crippen LogP contribution in [0.1, 0.15) is 5.56 Å². The highest BCUT2D eigenvalue weighted by Gasteiger charge is 2.19. The Morgan fingerprint density at radius 2 is 1.93 bits per heavy atom. The maximum absolute atomic E-state index is 11.3. The molecule has 0 fully saturated rings. The summed E-state index contributed by atoms with van der Waals surface area (Å²) in [5.74, 6) is 0.733. The average molecular weight is 411 g/mol. The van der Waals surface area contributed by atoms with Gasteiger partial charge in [0.1, 0.15) is 11.4 Å². The Kier molecular flexibility index (Phi) is 6.50. The molecule has 0 heterocycles. The number of nitro groups is 1. The lowest BCUT2D eigenvalue weighted by molar-refractivity contribution is -0.384. The summed E-state index contributed by atoms with van der Waals surface area (Å²) in [5.41, 5.74) is 5.69. The quantitative estimate of drug-likeness (QED) is 0.300. The second kappa shape index (κ2) is 8.62. The van der Waals surface area contributed by atoms with Gasteiger partial charge in [-0.15, -0.1) is 0 Å². The molecule has 0 amide bonds. The number of anilines is 1. The number of nitrogens with one attached hydrogen (secondary N) is 3. The van der Waals surface area contributed by atoms with E-state index in [2.05, 4.69) is 16.2 Å². The maximum Gasteiger partial charge on any atom is 0.295 e. The van der Waals surface area contributed by atoms with Crippen LogP contribution in [0.5, 0.6) is 5.75 Å². The van der Waals surface area contributed by atoms with Crippen LogP contribution in [0.3, 0.4) is 0 Å². The normalized spacial score (nSPS) is 10.7. The van der Waals surface area contributed by atoms with E-state index >= 15 is 0 Å². The van der Waals surface area contributed by atoms with Crippen molar-refractivity contribution in [3.63, 3.8) is 0 Å². The van der Waals surface area contributed by atoms with Crippen LogP contribution in [-0.2, 0) is 16.6 Å². The predicted octanol–water partition coefficient (Wildman–Crippen LogP) is 1.24. The Morgan fingerprint density at radius 3 is 2.48 bits per heavy atom.